The van der Waals surface area contributed by atoms with Crippen LogP contribution in [-0.2, 0) is 15.6 Å². The van der Waals surface area contributed by atoms with Crippen LogP contribution < -0.4 is 0 Å². The number of rotatable bonds is 5. The molecule has 0 atom stereocenters. The summed E-state index contributed by atoms with van der Waals surface area (Å²) in [7, 11) is -3.71. The van der Waals surface area contributed by atoms with Crippen LogP contribution >= 0.6 is 34.3 Å². The first-order valence-electron chi connectivity index (χ1n) is 7.57. The summed E-state index contributed by atoms with van der Waals surface area (Å²) in [6.07, 6.45) is 0. The number of halogens is 1. The lowest BCUT2D eigenvalue weighted by Crippen LogP contribution is -2.09. The number of aryl methyl sites for hydroxylation is 2. The maximum atomic E-state index is 12.9. The highest BCUT2D eigenvalue weighted by Gasteiger charge is 2.25. The highest BCUT2D eigenvalue weighted by molar-refractivity contribution is 7.90. The fourth-order valence-electron chi connectivity index (χ4n) is 2.64. The van der Waals surface area contributed by atoms with Crippen LogP contribution in [0.1, 0.15) is 26.4 Å². The van der Waals surface area contributed by atoms with Crippen LogP contribution in [0.3, 0.4) is 0 Å². The standard InChI is InChI=1S/C18H15ClO4S3/c1-10-6-16(11(2)5-14(10)19)26(22,23)9-13-7-15(12-3-4-24-8-12)25-17(13)18(20)21/h3-8H,9H2,1-2H3,(H,20,21). The first-order chi connectivity index (χ1) is 12.2. The second kappa shape index (κ2) is 7.15. The molecule has 0 saturated carbocycles. The third-order valence-corrected chi connectivity index (χ3v) is 8.05. The van der Waals surface area contributed by atoms with Crippen LogP contribution in [0.5, 0.6) is 0 Å². The number of thiophene rings is 2. The van der Waals surface area contributed by atoms with E-state index in [1.807, 2.05) is 16.8 Å². The number of carboxylic acid groups (broad SMARTS) is 1. The SMILES string of the molecule is Cc1cc(S(=O)(=O)Cc2cc(-c3ccsc3)sc2C(=O)O)c(C)cc1Cl. The van der Waals surface area contributed by atoms with E-state index in [2.05, 4.69) is 0 Å². The Morgan fingerprint density at radius 3 is 2.54 bits per heavy atom. The van der Waals surface area contributed by atoms with Crippen LogP contribution in [0.25, 0.3) is 10.4 Å². The highest BCUT2D eigenvalue weighted by Crippen LogP contribution is 2.35. The Hall–Kier alpha value is -1.67. The number of carbonyl (C=O) groups is 1. The largest absolute Gasteiger partial charge is 0.477 e. The third-order valence-electron chi connectivity index (χ3n) is 3.95. The normalized spacial score (nSPS) is 11.7. The topological polar surface area (TPSA) is 71.4 Å². The van der Waals surface area contributed by atoms with Crippen molar-refractivity contribution in [1.29, 1.82) is 0 Å². The Labute approximate surface area is 164 Å². The van der Waals surface area contributed by atoms with E-state index < -0.39 is 15.8 Å². The summed E-state index contributed by atoms with van der Waals surface area (Å²) in [4.78, 5) is 12.6. The Bertz CT molecular complexity index is 1080. The van der Waals surface area contributed by atoms with Crippen molar-refractivity contribution >= 4 is 50.1 Å². The Kier molecular flexibility index (Phi) is 5.25. The Morgan fingerprint density at radius 2 is 1.92 bits per heavy atom. The number of benzene rings is 1. The number of hydrogen-bond donors (Lipinski definition) is 1. The van der Waals surface area contributed by atoms with Gasteiger partial charge in [-0.05, 0) is 65.6 Å². The summed E-state index contributed by atoms with van der Waals surface area (Å²) >= 11 is 8.65. The number of aromatic carboxylic acids is 1. The molecule has 0 saturated heterocycles. The molecular formula is C18H15ClO4S3. The van der Waals surface area contributed by atoms with Crippen molar-refractivity contribution in [3.8, 4) is 10.4 Å². The van der Waals surface area contributed by atoms with Crippen molar-refractivity contribution in [2.24, 2.45) is 0 Å². The molecule has 136 valence electrons. The summed E-state index contributed by atoms with van der Waals surface area (Å²) in [6.45, 7) is 3.42. The number of carboxylic acids is 1. The van der Waals surface area contributed by atoms with E-state index in [0.29, 0.717) is 21.7 Å². The van der Waals surface area contributed by atoms with Gasteiger partial charge in [-0.25, -0.2) is 13.2 Å². The molecule has 3 rings (SSSR count). The molecule has 0 aliphatic heterocycles. The van der Waals surface area contributed by atoms with Gasteiger partial charge < -0.3 is 5.11 Å². The predicted molar refractivity (Wildman–Crippen MR) is 106 cm³/mol. The van der Waals surface area contributed by atoms with Gasteiger partial charge in [-0.2, -0.15) is 11.3 Å². The van der Waals surface area contributed by atoms with Gasteiger partial charge in [-0.3, -0.25) is 0 Å². The molecule has 2 heterocycles. The van der Waals surface area contributed by atoms with Gasteiger partial charge in [0.25, 0.3) is 0 Å². The minimum atomic E-state index is -3.71. The number of hydrogen-bond acceptors (Lipinski definition) is 5. The highest BCUT2D eigenvalue weighted by atomic mass is 35.5. The molecule has 1 N–H and O–H groups in total. The van der Waals surface area contributed by atoms with Gasteiger partial charge >= 0.3 is 5.97 Å². The molecule has 0 aliphatic carbocycles. The average Bonchev–Trinajstić information content (AvgIpc) is 3.19. The van der Waals surface area contributed by atoms with Gasteiger partial charge in [-0.1, -0.05) is 11.6 Å². The lowest BCUT2D eigenvalue weighted by Gasteiger charge is -2.10. The van der Waals surface area contributed by atoms with Crippen LogP contribution in [0, 0.1) is 13.8 Å². The Balaban J connectivity index is 2.05. The fourth-order valence-corrected chi connectivity index (χ4v) is 6.39. The molecule has 26 heavy (non-hydrogen) atoms. The molecule has 3 aromatic rings. The maximum absolute atomic E-state index is 12.9. The second-order valence-electron chi connectivity index (χ2n) is 5.91. The van der Waals surface area contributed by atoms with E-state index in [4.69, 9.17) is 11.6 Å². The lowest BCUT2D eigenvalue weighted by molar-refractivity contribution is 0.0701. The van der Waals surface area contributed by atoms with E-state index in [1.165, 1.54) is 11.3 Å². The van der Waals surface area contributed by atoms with Gasteiger partial charge in [0.05, 0.1) is 10.6 Å². The summed E-state index contributed by atoms with van der Waals surface area (Å²) in [5, 5.41) is 13.8. The minimum Gasteiger partial charge on any atom is -0.477 e. The van der Waals surface area contributed by atoms with Crippen molar-refractivity contribution in [2.75, 3.05) is 0 Å². The zero-order valence-electron chi connectivity index (χ0n) is 13.9. The molecule has 4 nitrogen and oxygen atoms in total. The zero-order chi connectivity index (χ0) is 19.1. The zero-order valence-corrected chi connectivity index (χ0v) is 17.2. The first kappa shape index (κ1) is 19.1. The fraction of sp³-hybridized carbons (Fsp3) is 0.167. The third kappa shape index (κ3) is 3.71. The van der Waals surface area contributed by atoms with Crippen molar-refractivity contribution in [1.82, 2.24) is 0 Å². The van der Waals surface area contributed by atoms with Crippen molar-refractivity contribution in [3.63, 3.8) is 0 Å². The van der Waals surface area contributed by atoms with Gasteiger partial charge in [0.2, 0.25) is 0 Å². The van der Waals surface area contributed by atoms with Gasteiger partial charge in [-0.15, -0.1) is 11.3 Å². The molecule has 8 heteroatoms. The van der Waals surface area contributed by atoms with E-state index in [-0.39, 0.29) is 15.5 Å². The molecule has 0 spiro atoms. The lowest BCUT2D eigenvalue weighted by atomic mass is 10.2. The second-order valence-corrected chi connectivity index (χ2v) is 10.1. The molecule has 0 amide bonds. The molecule has 0 radical (unpaired) electrons. The van der Waals surface area contributed by atoms with Crippen LogP contribution in [0.2, 0.25) is 5.02 Å². The molecular weight excluding hydrogens is 412 g/mol. The van der Waals surface area contributed by atoms with Crippen LogP contribution in [0.15, 0.2) is 39.9 Å². The monoisotopic (exact) mass is 426 g/mol. The molecule has 2 aromatic heterocycles. The maximum Gasteiger partial charge on any atom is 0.346 e. The Morgan fingerprint density at radius 1 is 1.19 bits per heavy atom. The molecule has 0 bridgehead atoms. The first-order valence-corrected chi connectivity index (χ1v) is 11.4. The van der Waals surface area contributed by atoms with E-state index >= 15 is 0 Å². The average molecular weight is 427 g/mol. The number of sulfone groups is 1. The van der Waals surface area contributed by atoms with Gasteiger partial charge in [0.1, 0.15) is 4.88 Å². The van der Waals surface area contributed by atoms with E-state index in [9.17, 15) is 18.3 Å². The van der Waals surface area contributed by atoms with Gasteiger partial charge in [0.15, 0.2) is 9.84 Å². The minimum absolute atomic E-state index is 0.0538. The van der Waals surface area contributed by atoms with Crippen molar-refractivity contribution in [2.45, 2.75) is 24.5 Å². The van der Waals surface area contributed by atoms with Crippen molar-refractivity contribution < 1.29 is 18.3 Å². The summed E-state index contributed by atoms with van der Waals surface area (Å²) in [5.41, 5.74) is 2.41. The summed E-state index contributed by atoms with van der Waals surface area (Å²) in [6, 6.07) is 6.70. The van der Waals surface area contributed by atoms with Gasteiger partial charge in [0, 0.05) is 15.5 Å². The quantitative estimate of drug-likeness (QED) is 0.591. The van der Waals surface area contributed by atoms with Crippen LogP contribution in [-0.4, -0.2) is 19.5 Å². The molecule has 0 unspecified atom stereocenters. The molecule has 1 aromatic carbocycles. The summed E-state index contributed by atoms with van der Waals surface area (Å²) in [5.74, 6) is -1.48. The molecule has 0 aliphatic rings. The van der Waals surface area contributed by atoms with Crippen LogP contribution in [0.4, 0.5) is 0 Å². The van der Waals surface area contributed by atoms with E-state index in [0.717, 1.165) is 21.8 Å². The van der Waals surface area contributed by atoms with Crippen molar-refractivity contribution in [3.05, 3.63) is 61.6 Å². The smallest absolute Gasteiger partial charge is 0.346 e. The van der Waals surface area contributed by atoms with E-state index in [1.54, 1.807) is 32.0 Å². The summed E-state index contributed by atoms with van der Waals surface area (Å²) < 4.78 is 25.9. The predicted octanol–water partition coefficient (Wildman–Crippen LogP) is 5.42. The molecule has 0 fully saturated rings.